The Balaban J connectivity index is 2.24. The highest BCUT2D eigenvalue weighted by molar-refractivity contribution is 9.08. The average molecular weight is 479 g/mol. The van der Waals surface area contributed by atoms with Gasteiger partial charge in [0.2, 0.25) is 0 Å². The van der Waals surface area contributed by atoms with Crippen LogP contribution in [0.2, 0.25) is 0 Å². The Bertz CT molecular complexity index is 814. The van der Waals surface area contributed by atoms with Crippen LogP contribution in [0.25, 0.3) is 0 Å². The molecule has 2 aromatic rings. The lowest BCUT2D eigenvalue weighted by atomic mass is 10.1. The Morgan fingerprint density at radius 1 is 0.741 bits per heavy atom. The molecule has 0 amide bonds. The number of hydrogen-bond acceptors (Lipinski definition) is 3. The summed E-state index contributed by atoms with van der Waals surface area (Å²) < 4.78 is 28.1. The van der Waals surface area contributed by atoms with E-state index in [9.17, 15) is 9.13 Å². The van der Waals surface area contributed by atoms with Crippen molar-refractivity contribution in [3.63, 3.8) is 0 Å². The number of alkyl halides is 1. The molecule has 0 spiro atoms. The van der Waals surface area contributed by atoms with Gasteiger partial charge in [-0.05, 0) is 53.8 Å². The van der Waals surface area contributed by atoms with Crippen LogP contribution in [0.3, 0.4) is 0 Å². The number of rotatable bonds is 9. The van der Waals surface area contributed by atoms with Crippen molar-refractivity contribution in [2.24, 2.45) is 0 Å². The summed E-state index contributed by atoms with van der Waals surface area (Å²) in [6.45, 7) is 0. The zero-order chi connectivity index (χ0) is 20.1. The molecule has 0 saturated carbocycles. The van der Waals surface area contributed by atoms with E-state index < -0.39 is 15.2 Å². The van der Waals surface area contributed by atoms with Crippen molar-refractivity contribution in [2.75, 3.05) is 12.3 Å². The molecule has 0 unspecified atom stereocenters. The molecule has 0 fully saturated rings. The maximum Gasteiger partial charge on any atom is 0.325 e. The fraction of sp³-hybridized carbons (Fsp3) is 0.294. The lowest BCUT2D eigenvalue weighted by molar-refractivity contribution is 0.371. The summed E-state index contributed by atoms with van der Waals surface area (Å²) in [5.41, 5.74) is 2.35. The van der Waals surface area contributed by atoms with E-state index >= 15 is 0 Å². The predicted octanol–water partition coefficient (Wildman–Crippen LogP) is 3.81. The van der Waals surface area contributed by atoms with Crippen LogP contribution in [0.15, 0.2) is 42.5 Å². The molecule has 0 aliphatic rings. The molecule has 27 heavy (non-hydrogen) atoms. The van der Waals surface area contributed by atoms with Crippen molar-refractivity contribution >= 4 is 31.1 Å². The van der Waals surface area contributed by atoms with Gasteiger partial charge in [-0.25, -0.2) is 0 Å². The van der Waals surface area contributed by atoms with E-state index in [1.807, 2.05) is 12.1 Å². The monoisotopic (exact) mass is 478 g/mol. The quantitative estimate of drug-likeness (QED) is 0.319. The van der Waals surface area contributed by atoms with Crippen molar-refractivity contribution in [1.29, 1.82) is 0 Å². The molecule has 0 aliphatic heterocycles. The molecule has 10 heteroatoms. The van der Waals surface area contributed by atoms with E-state index in [1.54, 1.807) is 30.3 Å². The van der Waals surface area contributed by atoms with Gasteiger partial charge in [-0.1, -0.05) is 34.1 Å². The first-order chi connectivity index (χ1) is 12.5. The van der Waals surface area contributed by atoms with Crippen LogP contribution in [0.5, 0.6) is 11.5 Å². The van der Waals surface area contributed by atoms with Gasteiger partial charge in [0, 0.05) is 5.33 Å². The van der Waals surface area contributed by atoms with Crippen molar-refractivity contribution in [3.05, 3.63) is 59.2 Å². The summed E-state index contributed by atoms with van der Waals surface area (Å²) in [6.07, 6.45) is -0.359. The summed E-state index contributed by atoms with van der Waals surface area (Å²) in [5.74, 6) is 1.04. The van der Waals surface area contributed by atoms with Gasteiger partial charge < -0.3 is 24.3 Å². The Labute approximate surface area is 165 Å². The molecule has 7 nitrogen and oxygen atoms in total. The number of halogens is 1. The van der Waals surface area contributed by atoms with Crippen LogP contribution in [-0.4, -0.2) is 31.9 Å². The second-order valence-electron chi connectivity index (χ2n) is 6.14. The molecule has 2 rings (SSSR count). The largest absolute Gasteiger partial charge is 0.457 e. The normalized spacial score (nSPS) is 12.2. The minimum absolute atomic E-state index is 0.132. The third kappa shape index (κ3) is 8.71. The van der Waals surface area contributed by atoms with Gasteiger partial charge in [0.15, 0.2) is 0 Å². The van der Waals surface area contributed by atoms with Gasteiger partial charge in [0.1, 0.15) is 11.5 Å². The van der Waals surface area contributed by atoms with Gasteiger partial charge in [0.25, 0.3) is 0 Å². The standard InChI is InChI=1S/C17H21BrO7P2/c18-12-13-1-3-16(4-2-13)25-17-10-14(5-7-26(19,20)21)9-15(11-17)6-8-27(22,23)24/h1-4,9-11H,5-8,12H2,(H2,19,20,21)(H2,22,23,24). The lowest BCUT2D eigenvalue weighted by Gasteiger charge is -2.12. The van der Waals surface area contributed by atoms with Crippen LogP contribution in [-0.2, 0) is 27.3 Å². The first kappa shape index (κ1) is 22.3. The van der Waals surface area contributed by atoms with Crippen molar-refractivity contribution in [2.45, 2.75) is 18.2 Å². The van der Waals surface area contributed by atoms with Crippen LogP contribution >= 0.6 is 31.1 Å². The molecule has 0 bridgehead atoms. The Hall–Kier alpha value is -0.980. The maximum absolute atomic E-state index is 11.1. The smallest absolute Gasteiger partial charge is 0.325 e. The minimum Gasteiger partial charge on any atom is -0.457 e. The molecule has 148 valence electrons. The van der Waals surface area contributed by atoms with Gasteiger partial charge >= 0.3 is 15.2 Å². The summed E-state index contributed by atoms with van der Waals surface area (Å²) in [5, 5.41) is 0.720. The topological polar surface area (TPSA) is 124 Å². The van der Waals surface area contributed by atoms with Crippen molar-refractivity contribution in [3.8, 4) is 11.5 Å². The first-order valence-corrected chi connectivity index (χ1v) is 12.8. The molecule has 0 heterocycles. The zero-order valence-electron chi connectivity index (χ0n) is 14.4. The molecule has 0 radical (unpaired) electrons. The third-order valence-corrected chi connectivity index (χ3v) is 5.98. The summed E-state index contributed by atoms with van der Waals surface area (Å²) in [7, 11) is -8.30. The first-order valence-electron chi connectivity index (χ1n) is 8.09. The average Bonchev–Trinajstić information content (AvgIpc) is 2.58. The zero-order valence-corrected chi connectivity index (χ0v) is 17.7. The number of aryl methyl sites for hydroxylation is 2. The Morgan fingerprint density at radius 3 is 1.63 bits per heavy atom. The van der Waals surface area contributed by atoms with Gasteiger partial charge in [-0.3, -0.25) is 9.13 Å². The Kier molecular flexibility index (Phi) is 7.83. The molecule has 0 aliphatic carbocycles. The van der Waals surface area contributed by atoms with Crippen LogP contribution in [0.4, 0.5) is 0 Å². The molecule has 2 aromatic carbocycles. The van der Waals surface area contributed by atoms with E-state index in [4.69, 9.17) is 24.3 Å². The van der Waals surface area contributed by atoms with Gasteiger partial charge in [-0.15, -0.1) is 0 Å². The van der Waals surface area contributed by atoms with Gasteiger partial charge in [0.05, 0.1) is 12.3 Å². The summed E-state index contributed by atoms with van der Waals surface area (Å²) in [4.78, 5) is 36.3. The highest BCUT2D eigenvalue weighted by atomic mass is 79.9. The molecule has 0 aromatic heterocycles. The highest BCUT2D eigenvalue weighted by Crippen LogP contribution is 2.37. The van der Waals surface area contributed by atoms with Crippen LogP contribution in [0, 0.1) is 0 Å². The van der Waals surface area contributed by atoms with E-state index in [0.29, 0.717) is 22.6 Å². The fourth-order valence-corrected chi connectivity index (χ4v) is 3.88. The lowest BCUT2D eigenvalue weighted by Crippen LogP contribution is -1.99. The van der Waals surface area contributed by atoms with Gasteiger partial charge in [-0.2, -0.15) is 0 Å². The van der Waals surface area contributed by atoms with Crippen LogP contribution < -0.4 is 4.74 Å². The number of hydrogen-bond donors (Lipinski definition) is 4. The maximum atomic E-state index is 11.1. The number of ether oxygens (including phenoxy) is 1. The molecular weight excluding hydrogens is 458 g/mol. The summed E-state index contributed by atoms with van der Waals surface area (Å²) in [6, 6.07) is 12.4. The predicted molar refractivity (Wildman–Crippen MR) is 107 cm³/mol. The Morgan fingerprint density at radius 2 is 1.22 bits per heavy atom. The molecule has 0 saturated heterocycles. The SMILES string of the molecule is O=P(O)(O)CCc1cc(CCP(=O)(O)O)cc(Oc2ccc(CBr)cc2)c1. The number of benzene rings is 2. The second kappa shape index (κ2) is 9.48. The molecular formula is C17H21BrO7P2. The van der Waals surface area contributed by atoms with Crippen LogP contribution in [0.1, 0.15) is 16.7 Å². The van der Waals surface area contributed by atoms with E-state index in [2.05, 4.69) is 15.9 Å². The third-order valence-electron chi connectivity index (χ3n) is 3.72. The summed E-state index contributed by atoms with van der Waals surface area (Å²) >= 11 is 3.37. The van der Waals surface area contributed by atoms with E-state index in [1.165, 1.54) is 0 Å². The van der Waals surface area contributed by atoms with Crippen molar-refractivity contribution in [1.82, 2.24) is 0 Å². The van der Waals surface area contributed by atoms with E-state index in [0.717, 1.165) is 10.9 Å². The van der Waals surface area contributed by atoms with E-state index in [-0.39, 0.29) is 25.2 Å². The second-order valence-corrected chi connectivity index (χ2v) is 10.3. The molecule has 4 N–H and O–H groups in total. The fourth-order valence-electron chi connectivity index (χ4n) is 2.41. The van der Waals surface area contributed by atoms with Crippen molar-refractivity contribution < 1.29 is 33.4 Å². The molecule has 0 atom stereocenters. The minimum atomic E-state index is -4.15. The highest BCUT2D eigenvalue weighted by Gasteiger charge is 2.16.